The van der Waals surface area contributed by atoms with Crippen molar-refractivity contribution in [3.63, 3.8) is 0 Å². The number of hydrogen-bond acceptors (Lipinski definition) is 3. The number of piperidine rings is 1. The van der Waals surface area contributed by atoms with Crippen LogP contribution in [0.4, 0.5) is 5.69 Å². The minimum absolute atomic E-state index is 0.0852. The van der Waals surface area contributed by atoms with Crippen molar-refractivity contribution in [2.24, 2.45) is 0 Å². The van der Waals surface area contributed by atoms with Crippen LogP contribution in [0.2, 0.25) is 0 Å². The van der Waals surface area contributed by atoms with Crippen molar-refractivity contribution in [1.82, 2.24) is 14.7 Å². The molecule has 1 aromatic heterocycles. The van der Waals surface area contributed by atoms with Crippen LogP contribution in [-0.2, 0) is 4.79 Å². The molecular formula is C14H24N4O. The van der Waals surface area contributed by atoms with Crippen LogP contribution >= 0.6 is 0 Å². The van der Waals surface area contributed by atoms with Crippen molar-refractivity contribution >= 4 is 11.6 Å². The van der Waals surface area contributed by atoms with Gasteiger partial charge in [0.1, 0.15) is 0 Å². The average molecular weight is 264 g/mol. The van der Waals surface area contributed by atoms with E-state index in [1.54, 1.807) is 6.20 Å². The van der Waals surface area contributed by atoms with Crippen molar-refractivity contribution in [2.75, 3.05) is 18.9 Å². The van der Waals surface area contributed by atoms with Crippen molar-refractivity contribution in [1.29, 1.82) is 0 Å². The predicted molar refractivity (Wildman–Crippen MR) is 76.1 cm³/mol. The Morgan fingerprint density at radius 2 is 2.32 bits per heavy atom. The van der Waals surface area contributed by atoms with Gasteiger partial charge in [-0.05, 0) is 40.3 Å². The van der Waals surface area contributed by atoms with Crippen molar-refractivity contribution in [3.8, 4) is 0 Å². The van der Waals surface area contributed by atoms with E-state index in [4.69, 9.17) is 0 Å². The lowest BCUT2D eigenvalue weighted by atomic mass is 10.00. The summed E-state index contributed by atoms with van der Waals surface area (Å²) >= 11 is 0. The first-order chi connectivity index (χ1) is 9.06. The average Bonchev–Trinajstić information content (AvgIpc) is 2.80. The van der Waals surface area contributed by atoms with Crippen LogP contribution in [0.15, 0.2) is 12.4 Å². The largest absolute Gasteiger partial charge is 0.323 e. The number of amides is 1. The van der Waals surface area contributed by atoms with E-state index in [9.17, 15) is 4.79 Å². The van der Waals surface area contributed by atoms with E-state index in [1.807, 2.05) is 10.9 Å². The predicted octanol–water partition coefficient (Wildman–Crippen LogP) is 2.28. The number of aromatic nitrogens is 2. The highest BCUT2D eigenvalue weighted by atomic mass is 16.1. The van der Waals surface area contributed by atoms with Gasteiger partial charge >= 0.3 is 0 Å². The lowest BCUT2D eigenvalue weighted by Gasteiger charge is -2.31. The number of hydrogen-bond donors (Lipinski definition) is 1. The Morgan fingerprint density at radius 3 is 2.95 bits per heavy atom. The van der Waals surface area contributed by atoms with Crippen LogP contribution in [0.5, 0.6) is 0 Å². The van der Waals surface area contributed by atoms with Crippen molar-refractivity contribution in [2.45, 2.75) is 51.6 Å². The Hall–Kier alpha value is -1.36. The second kappa shape index (κ2) is 6.19. The van der Waals surface area contributed by atoms with Gasteiger partial charge in [0.2, 0.25) is 5.91 Å². The summed E-state index contributed by atoms with van der Waals surface area (Å²) in [5.74, 6) is 0.0852. The first-order valence-corrected chi connectivity index (χ1v) is 7.10. The molecule has 1 atom stereocenters. The maximum Gasteiger partial charge on any atom is 0.226 e. The van der Waals surface area contributed by atoms with E-state index < -0.39 is 0 Å². The second-order valence-corrected chi connectivity index (χ2v) is 5.69. The Kier molecular flexibility index (Phi) is 4.58. The van der Waals surface area contributed by atoms with Crippen LogP contribution in [0.3, 0.4) is 0 Å². The van der Waals surface area contributed by atoms with Gasteiger partial charge in [-0.3, -0.25) is 9.48 Å². The lowest BCUT2D eigenvalue weighted by Crippen LogP contribution is -2.38. The molecule has 19 heavy (non-hydrogen) atoms. The third-order valence-corrected chi connectivity index (χ3v) is 3.76. The molecule has 5 heteroatoms. The normalized spacial score (nSPS) is 20.7. The highest BCUT2D eigenvalue weighted by molar-refractivity contribution is 5.90. The van der Waals surface area contributed by atoms with Gasteiger partial charge in [-0.25, -0.2) is 0 Å². The molecule has 0 bridgehead atoms. The van der Waals surface area contributed by atoms with E-state index in [-0.39, 0.29) is 5.91 Å². The molecule has 5 nitrogen and oxygen atoms in total. The molecule has 2 rings (SSSR count). The van der Waals surface area contributed by atoms with E-state index in [0.717, 1.165) is 18.7 Å². The zero-order chi connectivity index (χ0) is 13.8. The van der Waals surface area contributed by atoms with Gasteiger partial charge in [-0.15, -0.1) is 0 Å². The van der Waals surface area contributed by atoms with Gasteiger partial charge in [-0.1, -0.05) is 6.42 Å². The number of rotatable bonds is 4. The van der Waals surface area contributed by atoms with Crippen LogP contribution in [0.25, 0.3) is 0 Å². The summed E-state index contributed by atoms with van der Waals surface area (Å²) in [6.45, 7) is 5.23. The molecule has 0 spiro atoms. The molecule has 1 aliphatic rings. The summed E-state index contributed by atoms with van der Waals surface area (Å²) in [5.41, 5.74) is 0.789. The zero-order valence-electron chi connectivity index (χ0n) is 12.1. The molecule has 1 saturated heterocycles. The molecule has 1 aliphatic heterocycles. The van der Waals surface area contributed by atoms with Gasteiger partial charge in [0, 0.05) is 24.7 Å². The van der Waals surface area contributed by atoms with E-state index in [2.05, 4.69) is 36.2 Å². The number of nitrogens with zero attached hydrogens (tertiary/aromatic N) is 3. The SMILES string of the molecule is CC(C)n1cc(NC(=O)CC2CCCCN2C)cn1. The standard InChI is InChI=1S/C14H24N4O/c1-11(2)18-10-12(9-15-18)16-14(19)8-13-6-4-5-7-17(13)3/h9-11,13H,4-8H2,1-3H3,(H,16,19). The minimum atomic E-state index is 0.0852. The molecule has 1 amide bonds. The molecule has 0 saturated carbocycles. The molecule has 0 aliphatic carbocycles. The van der Waals surface area contributed by atoms with E-state index >= 15 is 0 Å². The number of nitrogens with one attached hydrogen (secondary N) is 1. The van der Waals surface area contributed by atoms with Gasteiger partial charge < -0.3 is 10.2 Å². The first kappa shape index (κ1) is 14.1. The number of carbonyl (C=O) groups excluding carboxylic acids is 1. The summed E-state index contributed by atoms with van der Waals surface area (Å²) in [7, 11) is 2.11. The Bertz CT molecular complexity index is 427. The molecular weight excluding hydrogens is 240 g/mol. The Labute approximate surface area is 115 Å². The fourth-order valence-corrected chi connectivity index (χ4v) is 2.51. The molecule has 1 N–H and O–H groups in total. The van der Waals surface area contributed by atoms with Gasteiger partial charge in [0.15, 0.2) is 0 Å². The third kappa shape index (κ3) is 3.80. The van der Waals surface area contributed by atoms with E-state index in [0.29, 0.717) is 18.5 Å². The summed E-state index contributed by atoms with van der Waals surface area (Å²) in [5, 5.41) is 7.16. The Balaban J connectivity index is 1.86. The molecule has 106 valence electrons. The van der Waals surface area contributed by atoms with E-state index in [1.165, 1.54) is 12.8 Å². The fraction of sp³-hybridized carbons (Fsp3) is 0.714. The quantitative estimate of drug-likeness (QED) is 0.907. The number of anilines is 1. The summed E-state index contributed by atoms with van der Waals surface area (Å²) in [6, 6.07) is 0.698. The zero-order valence-corrected chi connectivity index (χ0v) is 12.1. The first-order valence-electron chi connectivity index (χ1n) is 7.10. The monoisotopic (exact) mass is 264 g/mol. The van der Waals surface area contributed by atoms with Crippen LogP contribution in [0, 0.1) is 0 Å². The highest BCUT2D eigenvalue weighted by Gasteiger charge is 2.21. The maximum atomic E-state index is 12.0. The molecule has 2 heterocycles. The molecule has 1 aromatic rings. The van der Waals surface area contributed by atoms with Crippen LogP contribution in [-0.4, -0.2) is 40.2 Å². The molecule has 1 fully saturated rings. The molecule has 0 radical (unpaired) electrons. The Morgan fingerprint density at radius 1 is 1.53 bits per heavy atom. The topological polar surface area (TPSA) is 50.2 Å². The maximum absolute atomic E-state index is 12.0. The number of carbonyl (C=O) groups is 1. The summed E-state index contributed by atoms with van der Waals surface area (Å²) < 4.78 is 1.85. The molecule has 1 unspecified atom stereocenters. The third-order valence-electron chi connectivity index (χ3n) is 3.76. The minimum Gasteiger partial charge on any atom is -0.323 e. The number of likely N-dealkylation sites (tertiary alicyclic amines) is 1. The van der Waals surface area contributed by atoms with Gasteiger partial charge in [0.25, 0.3) is 0 Å². The molecule has 0 aromatic carbocycles. The second-order valence-electron chi connectivity index (χ2n) is 5.69. The summed E-state index contributed by atoms with van der Waals surface area (Å²) in [4.78, 5) is 14.3. The van der Waals surface area contributed by atoms with Gasteiger partial charge in [-0.2, -0.15) is 5.10 Å². The van der Waals surface area contributed by atoms with Crippen molar-refractivity contribution in [3.05, 3.63) is 12.4 Å². The van der Waals surface area contributed by atoms with Crippen molar-refractivity contribution < 1.29 is 4.79 Å². The smallest absolute Gasteiger partial charge is 0.226 e. The highest BCUT2D eigenvalue weighted by Crippen LogP contribution is 2.18. The fourth-order valence-electron chi connectivity index (χ4n) is 2.51. The van der Waals surface area contributed by atoms with Crippen LogP contribution in [0.1, 0.15) is 45.6 Å². The van der Waals surface area contributed by atoms with Crippen LogP contribution < -0.4 is 5.32 Å². The summed E-state index contributed by atoms with van der Waals surface area (Å²) in [6.07, 6.45) is 7.76. The van der Waals surface area contributed by atoms with Gasteiger partial charge in [0.05, 0.1) is 11.9 Å². The lowest BCUT2D eigenvalue weighted by molar-refractivity contribution is -0.117.